The van der Waals surface area contributed by atoms with Crippen molar-refractivity contribution in [2.75, 3.05) is 23.3 Å². The number of hydrogen-bond acceptors (Lipinski definition) is 8. The third-order valence-electron chi connectivity index (χ3n) is 6.07. The lowest BCUT2D eigenvalue weighted by Gasteiger charge is -2.35. The van der Waals surface area contributed by atoms with Gasteiger partial charge >= 0.3 is 6.09 Å². The molecule has 2 fully saturated rings. The second-order valence-electron chi connectivity index (χ2n) is 8.36. The van der Waals surface area contributed by atoms with Crippen LogP contribution in [0.4, 0.5) is 20.8 Å². The highest BCUT2D eigenvalue weighted by molar-refractivity contribution is 5.89. The van der Waals surface area contributed by atoms with Crippen molar-refractivity contribution in [3.63, 3.8) is 0 Å². The number of nitrogens with one attached hydrogen (secondary N) is 1. The maximum Gasteiger partial charge on any atom is 0.416 e. The van der Waals surface area contributed by atoms with Gasteiger partial charge in [0.05, 0.1) is 6.54 Å². The van der Waals surface area contributed by atoms with E-state index in [9.17, 15) is 9.18 Å². The summed E-state index contributed by atoms with van der Waals surface area (Å²) in [5.74, 6) is 2.12. The lowest BCUT2D eigenvalue weighted by atomic mass is 9.78. The molecule has 0 atom stereocenters. The molecular weight excluding hydrogens is 427 g/mol. The van der Waals surface area contributed by atoms with E-state index in [0.29, 0.717) is 35.7 Å². The van der Waals surface area contributed by atoms with Gasteiger partial charge in [0, 0.05) is 18.8 Å². The van der Waals surface area contributed by atoms with Crippen LogP contribution in [0.15, 0.2) is 54.7 Å². The van der Waals surface area contributed by atoms with Gasteiger partial charge in [0.2, 0.25) is 5.88 Å². The third-order valence-corrected chi connectivity index (χ3v) is 6.07. The molecule has 0 radical (unpaired) electrons. The molecule has 1 amide bonds. The molecule has 9 nitrogen and oxygen atoms in total. The van der Waals surface area contributed by atoms with Gasteiger partial charge in [0.15, 0.2) is 5.82 Å². The van der Waals surface area contributed by atoms with Gasteiger partial charge in [-0.2, -0.15) is 5.10 Å². The highest BCUT2D eigenvalue weighted by atomic mass is 19.1. The van der Waals surface area contributed by atoms with Crippen molar-refractivity contribution in [2.45, 2.75) is 31.3 Å². The average molecular weight is 450 g/mol. The van der Waals surface area contributed by atoms with Crippen molar-refractivity contribution in [2.24, 2.45) is 5.92 Å². The van der Waals surface area contributed by atoms with E-state index in [-0.39, 0.29) is 11.9 Å². The predicted molar refractivity (Wildman–Crippen MR) is 118 cm³/mol. The zero-order valence-corrected chi connectivity index (χ0v) is 17.9. The first kappa shape index (κ1) is 21.0. The first-order valence-electron chi connectivity index (χ1n) is 10.9. The Labute approximate surface area is 189 Å². The van der Waals surface area contributed by atoms with Crippen molar-refractivity contribution < 1.29 is 18.7 Å². The lowest BCUT2D eigenvalue weighted by molar-refractivity contribution is 0.0148. The maximum absolute atomic E-state index is 13.0. The minimum atomic E-state index is -0.454. The quantitative estimate of drug-likeness (QED) is 0.596. The van der Waals surface area contributed by atoms with Crippen LogP contribution < -0.4 is 15.0 Å². The number of nitrogens with zero attached hydrogens (tertiary/aromatic N) is 5. The average Bonchev–Trinajstić information content (AvgIpc) is 3.17. The molecule has 170 valence electrons. The van der Waals surface area contributed by atoms with Crippen molar-refractivity contribution in [1.82, 2.24) is 20.4 Å². The lowest BCUT2D eigenvalue weighted by Crippen LogP contribution is -2.39. The van der Waals surface area contributed by atoms with Gasteiger partial charge in [-0.25, -0.2) is 9.18 Å². The summed E-state index contributed by atoms with van der Waals surface area (Å²) in [6.45, 7) is 1.26. The molecule has 0 unspecified atom stereocenters. The smallest absolute Gasteiger partial charge is 0.416 e. The topological polar surface area (TPSA) is 102 Å². The fraction of sp³-hybridized carbons (Fsp3) is 0.348. The first-order chi connectivity index (χ1) is 16.1. The first-order valence-corrected chi connectivity index (χ1v) is 10.9. The second kappa shape index (κ2) is 8.97. The number of halogens is 1. The largest absolute Gasteiger partial charge is 0.441 e. The molecule has 3 aromatic rings. The SMILES string of the molecule is O=C1OC2(CCC(CNc3ccc(Oc4ccc(F)cc4)nn3)CC2)CN1c1cccnn1. The molecule has 2 aliphatic rings. The van der Waals surface area contributed by atoms with Crippen molar-refractivity contribution >= 4 is 17.7 Å². The predicted octanol–water partition coefficient (Wildman–Crippen LogP) is 4.20. The van der Waals surface area contributed by atoms with Crippen LogP contribution in [0.5, 0.6) is 11.6 Å². The molecule has 1 aromatic carbocycles. The Hall–Kier alpha value is -3.82. The van der Waals surface area contributed by atoms with E-state index in [0.717, 1.165) is 32.2 Å². The number of benzene rings is 1. The number of aromatic nitrogens is 4. The van der Waals surface area contributed by atoms with Crippen molar-refractivity contribution in [1.29, 1.82) is 0 Å². The molecule has 1 spiro atoms. The van der Waals surface area contributed by atoms with Gasteiger partial charge in [-0.15, -0.1) is 15.3 Å². The standard InChI is InChI=1S/C23H23FN6O3/c24-17-3-5-18(6-4-17)32-21-8-7-19(27-29-21)25-14-16-9-11-23(12-10-16)15-30(22(31)33-23)20-2-1-13-26-28-20/h1-8,13,16H,9-12,14-15H2,(H,25,27). The van der Waals surface area contributed by atoms with E-state index >= 15 is 0 Å². The van der Waals surface area contributed by atoms with Gasteiger partial charge < -0.3 is 14.8 Å². The number of amides is 1. The molecule has 1 aliphatic carbocycles. The summed E-state index contributed by atoms with van der Waals surface area (Å²) in [6.07, 6.45) is 4.71. The number of hydrogen-bond donors (Lipinski definition) is 1. The minimum absolute atomic E-state index is 0.324. The summed E-state index contributed by atoms with van der Waals surface area (Å²) in [5, 5.41) is 19.4. The Morgan fingerprint density at radius 2 is 1.91 bits per heavy atom. The highest BCUT2D eigenvalue weighted by Crippen LogP contribution is 2.40. The minimum Gasteiger partial charge on any atom is -0.441 e. The summed E-state index contributed by atoms with van der Waals surface area (Å²) in [5.41, 5.74) is -0.454. The molecule has 1 saturated carbocycles. The van der Waals surface area contributed by atoms with E-state index in [1.165, 1.54) is 24.3 Å². The van der Waals surface area contributed by atoms with Crippen LogP contribution in [0.1, 0.15) is 25.7 Å². The molecule has 2 aromatic heterocycles. The Morgan fingerprint density at radius 3 is 2.61 bits per heavy atom. The van der Waals surface area contributed by atoms with E-state index in [1.807, 2.05) is 0 Å². The molecule has 1 saturated heterocycles. The Balaban J connectivity index is 1.10. The number of carbonyl (C=O) groups is 1. The molecule has 5 rings (SSSR count). The van der Waals surface area contributed by atoms with Crippen LogP contribution in [0.25, 0.3) is 0 Å². The molecule has 10 heteroatoms. The summed E-state index contributed by atoms with van der Waals surface area (Å²) >= 11 is 0. The molecule has 1 N–H and O–H groups in total. The zero-order chi connectivity index (χ0) is 22.7. The van der Waals surface area contributed by atoms with E-state index in [4.69, 9.17) is 9.47 Å². The van der Waals surface area contributed by atoms with Crippen LogP contribution in [0.2, 0.25) is 0 Å². The van der Waals surface area contributed by atoms with Crippen molar-refractivity contribution in [3.8, 4) is 11.6 Å². The number of ether oxygens (including phenoxy) is 2. The number of anilines is 2. The summed E-state index contributed by atoms with van der Waals surface area (Å²) < 4.78 is 24.3. The zero-order valence-electron chi connectivity index (χ0n) is 17.9. The fourth-order valence-corrected chi connectivity index (χ4v) is 4.25. The van der Waals surface area contributed by atoms with Crippen LogP contribution in [0.3, 0.4) is 0 Å². The van der Waals surface area contributed by atoms with Gasteiger partial charge in [0.1, 0.15) is 23.0 Å². The van der Waals surface area contributed by atoms with Gasteiger partial charge in [-0.05, 0) is 74.1 Å². The van der Waals surface area contributed by atoms with E-state index in [2.05, 4.69) is 25.7 Å². The van der Waals surface area contributed by atoms with Crippen LogP contribution >= 0.6 is 0 Å². The Bertz CT molecular complexity index is 1090. The Morgan fingerprint density at radius 1 is 1.09 bits per heavy atom. The van der Waals surface area contributed by atoms with E-state index < -0.39 is 5.60 Å². The third kappa shape index (κ3) is 4.84. The monoisotopic (exact) mass is 450 g/mol. The van der Waals surface area contributed by atoms with Crippen molar-refractivity contribution in [3.05, 3.63) is 60.5 Å². The maximum atomic E-state index is 13.0. The van der Waals surface area contributed by atoms with Gasteiger partial charge in [0.25, 0.3) is 0 Å². The fourth-order valence-electron chi connectivity index (χ4n) is 4.25. The Kier molecular flexibility index (Phi) is 5.72. The number of rotatable bonds is 6. The highest BCUT2D eigenvalue weighted by Gasteiger charge is 2.48. The molecule has 3 heterocycles. The second-order valence-corrected chi connectivity index (χ2v) is 8.36. The molecule has 33 heavy (non-hydrogen) atoms. The number of carbonyl (C=O) groups excluding carboxylic acids is 1. The van der Waals surface area contributed by atoms with E-state index in [1.54, 1.807) is 35.4 Å². The normalized spacial score (nSPS) is 22.3. The van der Waals surface area contributed by atoms with Crippen LogP contribution in [0, 0.1) is 11.7 Å². The summed E-state index contributed by atoms with van der Waals surface area (Å²) in [7, 11) is 0. The molecular formula is C23H23FN6O3. The summed E-state index contributed by atoms with van der Waals surface area (Å²) in [6, 6.07) is 12.8. The molecule has 1 aliphatic heterocycles. The molecule has 0 bridgehead atoms. The van der Waals surface area contributed by atoms with Gasteiger partial charge in [-0.1, -0.05) is 0 Å². The van der Waals surface area contributed by atoms with Gasteiger partial charge in [-0.3, -0.25) is 4.90 Å². The van der Waals surface area contributed by atoms with Crippen LogP contribution in [-0.2, 0) is 4.74 Å². The summed E-state index contributed by atoms with van der Waals surface area (Å²) in [4.78, 5) is 13.9. The van der Waals surface area contributed by atoms with Crippen LogP contribution in [-0.4, -0.2) is 45.2 Å².